The molecule has 12 heavy (non-hydrogen) atoms. The van der Waals surface area contributed by atoms with Crippen molar-refractivity contribution in [1.29, 1.82) is 0 Å². The van der Waals surface area contributed by atoms with Crippen molar-refractivity contribution >= 4 is 75.4 Å². The van der Waals surface area contributed by atoms with Crippen molar-refractivity contribution in [2.75, 3.05) is 0 Å². The van der Waals surface area contributed by atoms with Gasteiger partial charge in [-0.3, -0.25) is 4.79 Å². The predicted octanol–water partition coefficient (Wildman–Crippen LogP) is 3.48. The first-order valence-corrected chi connectivity index (χ1v) is 5.06. The highest BCUT2D eigenvalue weighted by molar-refractivity contribution is 6.76. The van der Waals surface area contributed by atoms with E-state index in [1.165, 1.54) is 0 Å². The van der Waals surface area contributed by atoms with Crippen LogP contribution in [0.4, 0.5) is 0 Å². The Morgan fingerprint density at radius 3 is 1.50 bits per heavy atom. The Balaban J connectivity index is 3.19. The zero-order chi connectivity index (χ0) is 9.78. The summed E-state index contributed by atoms with van der Waals surface area (Å²) in [6, 6.07) is 0. The molecular weight excluding hydrogens is 289 g/mol. The van der Waals surface area contributed by atoms with Crippen LogP contribution in [0.3, 0.4) is 0 Å². The van der Waals surface area contributed by atoms with Gasteiger partial charge in [0, 0.05) is 6.42 Å². The third kappa shape index (κ3) is 1.34. The third-order valence-electron chi connectivity index (χ3n) is 1.59. The number of carbonyl (C=O) groups is 1. The summed E-state index contributed by atoms with van der Waals surface area (Å²) in [5, 5.41) is 0. The molecule has 0 saturated heterocycles. The van der Waals surface area contributed by atoms with E-state index >= 15 is 0 Å². The smallest absolute Gasteiger partial charge is 0.211 e. The topological polar surface area (TPSA) is 17.1 Å². The van der Waals surface area contributed by atoms with Crippen molar-refractivity contribution < 1.29 is 4.79 Å². The third-order valence-corrected chi connectivity index (χ3v) is 5.40. The number of hydrogen-bond acceptors (Lipinski definition) is 1. The maximum Gasteiger partial charge on any atom is 0.211 e. The molecule has 0 aromatic rings. The molecule has 1 aliphatic rings. The van der Waals surface area contributed by atoms with Gasteiger partial charge in [0.15, 0.2) is 14.4 Å². The van der Waals surface area contributed by atoms with Gasteiger partial charge in [-0.2, -0.15) is 0 Å². The summed E-state index contributed by atoms with van der Waals surface area (Å²) in [5.41, 5.74) is 0. The molecule has 0 N–H and O–H groups in total. The van der Waals surface area contributed by atoms with Crippen LogP contribution in [0.1, 0.15) is 6.42 Å². The number of hydrogen-bond donors (Lipinski definition) is 0. The second kappa shape index (κ2) is 2.95. The van der Waals surface area contributed by atoms with Gasteiger partial charge in [-0.15, -0.1) is 0 Å². The number of ketones is 1. The quantitative estimate of drug-likeness (QED) is 0.624. The largest absolute Gasteiger partial charge is 0.296 e. The fourth-order valence-electron chi connectivity index (χ4n) is 0.828. The monoisotopic (exact) mass is 288 g/mol. The summed E-state index contributed by atoms with van der Waals surface area (Å²) in [7, 11) is 0. The Bertz CT molecular complexity index is 232. The Hall–Kier alpha value is 1.41. The van der Waals surface area contributed by atoms with Gasteiger partial charge in [-0.1, -0.05) is 69.6 Å². The SMILES string of the molecule is O=C1CC(Cl)(Cl)C(Cl)(Cl)C1(Cl)Cl. The molecule has 0 bridgehead atoms. The van der Waals surface area contributed by atoms with Crippen molar-refractivity contribution in [3.8, 4) is 0 Å². The summed E-state index contributed by atoms with van der Waals surface area (Å²) in [6.45, 7) is 0. The fraction of sp³-hybridized carbons (Fsp3) is 0.800. The van der Waals surface area contributed by atoms with Gasteiger partial charge >= 0.3 is 0 Å². The van der Waals surface area contributed by atoms with Crippen LogP contribution in [0, 0.1) is 0 Å². The predicted molar refractivity (Wildman–Crippen MR) is 52.9 cm³/mol. The van der Waals surface area contributed by atoms with Crippen LogP contribution < -0.4 is 0 Å². The maximum absolute atomic E-state index is 11.1. The van der Waals surface area contributed by atoms with Crippen LogP contribution >= 0.6 is 69.6 Å². The van der Waals surface area contributed by atoms with Crippen molar-refractivity contribution in [2.45, 2.75) is 19.4 Å². The van der Waals surface area contributed by atoms with Gasteiger partial charge in [0.1, 0.15) is 0 Å². The van der Waals surface area contributed by atoms with Gasteiger partial charge in [0.25, 0.3) is 0 Å². The molecular formula is C5H2Cl6O. The number of alkyl halides is 6. The second-order valence-corrected chi connectivity index (χ2v) is 6.59. The highest BCUT2D eigenvalue weighted by Crippen LogP contribution is 2.61. The molecule has 70 valence electrons. The minimum absolute atomic E-state index is 0.268. The van der Waals surface area contributed by atoms with Crippen molar-refractivity contribution in [3.05, 3.63) is 0 Å². The molecule has 7 heteroatoms. The van der Waals surface area contributed by atoms with E-state index in [0.29, 0.717) is 0 Å². The van der Waals surface area contributed by atoms with Gasteiger partial charge in [-0.05, 0) is 0 Å². The normalized spacial score (nSPS) is 30.7. The molecule has 1 rings (SSSR count). The molecule has 0 heterocycles. The van der Waals surface area contributed by atoms with Gasteiger partial charge in [0.05, 0.1) is 0 Å². The molecule has 0 radical (unpaired) electrons. The average molecular weight is 291 g/mol. The molecule has 0 amide bonds. The molecule has 0 aromatic heterocycles. The number of rotatable bonds is 0. The Morgan fingerprint density at radius 1 is 1.00 bits per heavy atom. The Morgan fingerprint density at radius 2 is 1.42 bits per heavy atom. The molecule has 0 unspecified atom stereocenters. The summed E-state index contributed by atoms with van der Waals surface area (Å²) in [5.74, 6) is -0.583. The Kier molecular flexibility index (Phi) is 2.82. The zero-order valence-corrected chi connectivity index (χ0v) is 9.92. The van der Waals surface area contributed by atoms with E-state index in [-0.39, 0.29) is 6.42 Å². The van der Waals surface area contributed by atoms with E-state index in [0.717, 1.165) is 0 Å². The van der Waals surface area contributed by atoms with E-state index in [4.69, 9.17) is 69.6 Å². The first kappa shape index (κ1) is 11.5. The number of Topliss-reactive ketones (excluding diaryl/α,β-unsaturated/α-hetero) is 1. The highest BCUT2D eigenvalue weighted by Gasteiger charge is 2.70. The molecule has 1 nitrogen and oxygen atoms in total. The van der Waals surface area contributed by atoms with Gasteiger partial charge < -0.3 is 0 Å². The molecule has 0 aliphatic heterocycles. The lowest BCUT2D eigenvalue weighted by molar-refractivity contribution is -0.118. The van der Waals surface area contributed by atoms with Gasteiger partial charge in [-0.25, -0.2) is 0 Å². The van der Waals surface area contributed by atoms with Gasteiger partial charge in [0.2, 0.25) is 4.33 Å². The first-order valence-electron chi connectivity index (χ1n) is 2.80. The summed E-state index contributed by atoms with van der Waals surface area (Å²) < 4.78 is -5.47. The zero-order valence-electron chi connectivity index (χ0n) is 5.38. The van der Waals surface area contributed by atoms with Crippen molar-refractivity contribution in [1.82, 2.24) is 0 Å². The highest BCUT2D eigenvalue weighted by atomic mass is 35.5. The lowest BCUT2D eigenvalue weighted by Gasteiger charge is -2.29. The van der Waals surface area contributed by atoms with Crippen LogP contribution in [-0.2, 0) is 4.79 Å². The van der Waals surface area contributed by atoms with Crippen LogP contribution in [0.2, 0.25) is 0 Å². The minimum atomic E-state index is -1.94. The molecule has 1 fully saturated rings. The first-order chi connectivity index (χ1) is 5.13. The number of carbonyl (C=O) groups excluding carboxylic acids is 1. The summed E-state index contributed by atoms with van der Waals surface area (Å²) in [6.07, 6.45) is -0.268. The van der Waals surface area contributed by atoms with E-state index < -0.39 is 18.8 Å². The van der Waals surface area contributed by atoms with E-state index in [1.807, 2.05) is 0 Å². The second-order valence-electron chi connectivity index (χ2n) is 2.45. The Labute approximate surface area is 99.2 Å². The lowest BCUT2D eigenvalue weighted by atomic mass is 10.3. The average Bonchev–Trinajstić information content (AvgIpc) is 1.92. The molecule has 0 spiro atoms. The van der Waals surface area contributed by atoms with Crippen LogP contribution in [-0.4, -0.2) is 18.8 Å². The summed E-state index contributed by atoms with van der Waals surface area (Å²) >= 11 is 33.8. The molecule has 1 saturated carbocycles. The van der Waals surface area contributed by atoms with E-state index in [2.05, 4.69) is 0 Å². The standard InChI is InChI=1S/C5H2Cl6O/c6-3(7)1-2(12)4(8,9)5(3,10)11/h1H2. The molecule has 0 atom stereocenters. The van der Waals surface area contributed by atoms with E-state index in [1.54, 1.807) is 0 Å². The van der Waals surface area contributed by atoms with Crippen LogP contribution in [0.5, 0.6) is 0 Å². The molecule has 0 aromatic carbocycles. The number of halogens is 6. The summed E-state index contributed by atoms with van der Waals surface area (Å²) in [4.78, 5) is 11.1. The fourth-order valence-corrected chi connectivity index (χ4v) is 2.35. The van der Waals surface area contributed by atoms with Crippen LogP contribution in [0.15, 0.2) is 0 Å². The minimum Gasteiger partial charge on any atom is -0.296 e. The molecule has 1 aliphatic carbocycles. The lowest BCUT2D eigenvalue weighted by Crippen LogP contribution is -2.43. The maximum atomic E-state index is 11.1. The van der Waals surface area contributed by atoms with Crippen molar-refractivity contribution in [3.63, 3.8) is 0 Å². The van der Waals surface area contributed by atoms with Crippen molar-refractivity contribution in [2.24, 2.45) is 0 Å². The van der Waals surface area contributed by atoms with Crippen LogP contribution in [0.25, 0.3) is 0 Å². The van der Waals surface area contributed by atoms with E-state index in [9.17, 15) is 4.79 Å².